The Bertz CT molecular complexity index is 725. The number of benzene rings is 1. The van der Waals surface area contributed by atoms with Gasteiger partial charge in [-0.3, -0.25) is 4.79 Å². The van der Waals surface area contributed by atoms with E-state index in [1.54, 1.807) is 12.1 Å². The van der Waals surface area contributed by atoms with Crippen LogP contribution in [0.4, 0.5) is 0 Å². The number of hydrogen-bond acceptors (Lipinski definition) is 4. The largest absolute Gasteiger partial charge is 0.481 e. The third kappa shape index (κ3) is 4.51. The van der Waals surface area contributed by atoms with Gasteiger partial charge in [-0.15, -0.1) is 5.10 Å². The highest BCUT2D eigenvalue weighted by Gasteiger charge is 2.14. The number of nitrogens with zero attached hydrogens (tertiary/aromatic N) is 2. The van der Waals surface area contributed by atoms with E-state index in [9.17, 15) is 4.79 Å². The van der Waals surface area contributed by atoms with Crippen LogP contribution in [0.5, 0.6) is 11.6 Å². The fourth-order valence-corrected chi connectivity index (χ4v) is 3.62. The molecule has 0 atom stereocenters. The Kier molecular flexibility index (Phi) is 5.75. The number of aryl methyl sites for hydroxylation is 1. The molecule has 0 fully saturated rings. The number of carboxylic acid groups (broad SMARTS) is 1. The van der Waals surface area contributed by atoms with Gasteiger partial charge in [-0.25, -0.2) is 0 Å². The van der Waals surface area contributed by atoms with Gasteiger partial charge in [0.05, 0.1) is 21.1 Å². The Morgan fingerprint density at radius 1 is 1.22 bits per heavy atom. The number of ether oxygens (including phenoxy) is 1. The molecule has 2 aromatic rings. The van der Waals surface area contributed by atoms with E-state index in [1.165, 1.54) is 0 Å². The summed E-state index contributed by atoms with van der Waals surface area (Å²) in [4.78, 5) is 10.8. The van der Waals surface area contributed by atoms with Crippen molar-refractivity contribution >= 4 is 37.8 Å². The van der Waals surface area contributed by atoms with Gasteiger partial charge in [-0.05, 0) is 68.0 Å². The van der Waals surface area contributed by atoms with Crippen LogP contribution in [0.2, 0.25) is 0 Å². The lowest BCUT2D eigenvalue weighted by Crippen LogP contribution is -2.02. The minimum absolute atomic E-state index is 0.0562. The zero-order chi connectivity index (χ0) is 17.1. The topological polar surface area (TPSA) is 72.3 Å². The highest BCUT2D eigenvalue weighted by molar-refractivity contribution is 9.11. The quantitative estimate of drug-likeness (QED) is 0.714. The lowest BCUT2D eigenvalue weighted by molar-refractivity contribution is -0.136. The first-order chi connectivity index (χ1) is 10.8. The third-order valence-electron chi connectivity index (χ3n) is 3.24. The number of hydrogen-bond donors (Lipinski definition) is 1. The van der Waals surface area contributed by atoms with Crippen molar-refractivity contribution in [1.29, 1.82) is 0 Å². The van der Waals surface area contributed by atoms with Crippen LogP contribution in [0.3, 0.4) is 0 Å². The maximum absolute atomic E-state index is 10.8. The number of carbonyl (C=O) groups is 1. The van der Waals surface area contributed by atoms with E-state index in [4.69, 9.17) is 9.84 Å². The maximum atomic E-state index is 10.8. The van der Waals surface area contributed by atoms with Gasteiger partial charge in [0.15, 0.2) is 5.75 Å². The predicted octanol–water partition coefficient (Wildman–Crippen LogP) is 4.85. The van der Waals surface area contributed by atoms with Crippen molar-refractivity contribution in [2.24, 2.45) is 0 Å². The summed E-state index contributed by atoms with van der Waals surface area (Å²) in [5.41, 5.74) is 2.62. The van der Waals surface area contributed by atoms with Crippen molar-refractivity contribution in [3.8, 4) is 11.6 Å². The highest BCUT2D eigenvalue weighted by Crippen LogP contribution is 2.38. The number of carboxylic acids is 1. The van der Waals surface area contributed by atoms with Gasteiger partial charge < -0.3 is 9.84 Å². The van der Waals surface area contributed by atoms with Gasteiger partial charge in [0, 0.05) is 6.07 Å². The van der Waals surface area contributed by atoms with E-state index < -0.39 is 5.97 Å². The van der Waals surface area contributed by atoms with Crippen LogP contribution >= 0.6 is 31.9 Å². The third-order valence-corrected chi connectivity index (χ3v) is 4.42. The fourth-order valence-electron chi connectivity index (χ4n) is 2.17. The summed E-state index contributed by atoms with van der Waals surface area (Å²) in [6, 6.07) is 5.31. The van der Waals surface area contributed by atoms with E-state index in [0.29, 0.717) is 32.1 Å². The zero-order valence-corrected chi connectivity index (χ0v) is 16.1. The van der Waals surface area contributed by atoms with Gasteiger partial charge in [0.2, 0.25) is 5.88 Å². The maximum Gasteiger partial charge on any atom is 0.307 e. The Morgan fingerprint density at radius 3 is 2.35 bits per heavy atom. The van der Waals surface area contributed by atoms with Crippen molar-refractivity contribution in [2.75, 3.05) is 0 Å². The number of rotatable bonds is 5. The smallest absolute Gasteiger partial charge is 0.307 e. The molecule has 0 bridgehead atoms. The Balaban J connectivity index is 2.33. The monoisotopic (exact) mass is 442 g/mol. The molecule has 1 N–H and O–H groups in total. The molecule has 5 nitrogen and oxygen atoms in total. The first-order valence-electron chi connectivity index (χ1n) is 6.99. The van der Waals surface area contributed by atoms with Crippen molar-refractivity contribution in [3.63, 3.8) is 0 Å². The second kappa shape index (κ2) is 7.40. The molecular weight excluding hydrogens is 428 g/mol. The molecule has 0 aliphatic rings. The standard InChI is InChI=1S/C16H16Br2N2O3/c1-8(2)11-7-14(20-19-9(11)3)23-16-12(17)4-10(5-13(16)18)6-15(21)22/h4-5,7-8H,6H2,1-3H3,(H,21,22). The molecule has 0 unspecified atom stereocenters. The Hall–Kier alpha value is -1.47. The summed E-state index contributed by atoms with van der Waals surface area (Å²) in [7, 11) is 0. The molecule has 0 saturated carbocycles. The predicted molar refractivity (Wildman–Crippen MR) is 94.1 cm³/mol. The van der Waals surface area contributed by atoms with Gasteiger partial charge in [0.25, 0.3) is 0 Å². The second-order valence-corrected chi connectivity index (χ2v) is 7.15. The molecule has 0 radical (unpaired) electrons. The molecule has 23 heavy (non-hydrogen) atoms. The fraction of sp³-hybridized carbons (Fsp3) is 0.312. The van der Waals surface area contributed by atoms with Gasteiger partial charge in [0.1, 0.15) is 0 Å². The van der Waals surface area contributed by atoms with E-state index in [0.717, 1.165) is 11.3 Å². The van der Waals surface area contributed by atoms with E-state index in [2.05, 4.69) is 55.9 Å². The van der Waals surface area contributed by atoms with Gasteiger partial charge in [-0.1, -0.05) is 13.8 Å². The van der Waals surface area contributed by atoms with Crippen molar-refractivity contribution < 1.29 is 14.6 Å². The minimum Gasteiger partial charge on any atom is -0.481 e. The SMILES string of the molecule is Cc1nnc(Oc2c(Br)cc(CC(=O)O)cc2Br)cc1C(C)C. The average molecular weight is 444 g/mol. The first-order valence-corrected chi connectivity index (χ1v) is 8.58. The molecule has 122 valence electrons. The Morgan fingerprint density at radius 2 is 1.83 bits per heavy atom. The number of aromatic nitrogens is 2. The summed E-state index contributed by atoms with van der Waals surface area (Å²) >= 11 is 6.82. The van der Waals surface area contributed by atoms with E-state index in [-0.39, 0.29) is 6.42 Å². The van der Waals surface area contributed by atoms with Crippen LogP contribution in [0.1, 0.15) is 36.6 Å². The van der Waals surface area contributed by atoms with E-state index in [1.807, 2.05) is 13.0 Å². The summed E-state index contributed by atoms with van der Waals surface area (Å²) < 4.78 is 7.13. The molecule has 0 amide bonds. The van der Waals surface area contributed by atoms with Crippen LogP contribution in [-0.4, -0.2) is 21.3 Å². The molecule has 0 spiro atoms. The summed E-state index contributed by atoms with van der Waals surface area (Å²) in [5.74, 6) is 0.361. The Labute approximate surface area is 151 Å². The molecule has 1 aromatic carbocycles. The normalized spacial score (nSPS) is 10.9. The van der Waals surface area contributed by atoms with Crippen molar-refractivity contribution in [1.82, 2.24) is 10.2 Å². The summed E-state index contributed by atoms with van der Waals surface area (Å²) in [5, 5.41) is 17.1. The van der Waals surface area contributed by atoms with Crippen molar-refractivity contribution in [2.45, 2.75) is 33.1 Å². The minimum atomic E-state index is -0.886. The lowest BCUT2D eigenvalue weighted by Gasteiger charge is -2.13. The summed E-state index contributed by atoms with van der Waals surface area (Å²) in [6.45, 7) is 6.08. The molecule has 0 aliphatic carbocycles. The molecule has 1 aromatic heterocycles. The highest BCUT2D eigenvalue weighted by atomic mass is 79.9. The van der Waals surface area contributed by atoms with Gasteiger partial charge >= 0.3 is 5.97 Å². The van der Waals surface area contributed by atoms with Crippen LogP contribution in [0.25, 0.3) is 0 Å². The van der Waals surface area contributed by atoms with Crippen molar-refractivity contribution in [3.05, 3.63) is 44.0 Å². The van der Waals surface area contributed by atoms with E-state index >= 15 is 0 Å². The molecule has 7 heteroatoms. The number of aliphatic carboxylic acids is 1. The van der Waals surface area contributed by atoms with Gasteiger partial charge in [-0.2, -0.15) is 5.10 Å². The molecule has 0 aliphatic heterocycles. The molecular formula is C16H16Br2N2O3. The first kappa shape index (κ1) is 17.9. The lowest BCUT2D eigenvalue weighted by atomic mass is 10.0. The van der Waals surface area contributed by atoms with Crippen LogP contribution in [-0.2, 0) is 11.2 Å². The average Bonchev–Trinajstić information content (AvgIpc) is 2.43. The summed E-state index contributed by atoms with van der Waals surface area (Å²) in [6.07, 6.45) is -0.0562. The van der Waals surface area contributed by atoms with Crippen LogP contribution in [0.15, 0.2) is 27.1 Å². The number of halogens is 2. The zero-order valence-electron chi connectivity index (χ0n) is 12.9. The molecule has 0 saturated heterocycles. The second-order valence-electron chi connectivity index (χ2n) is 5.44. The molecule has 2 rings (SSSR count). The van der Waals surface area contributed by atoms with Crippen LogP contribution < -0.4 is 4.74 Å². The van der Waals surface area contributed by atoms with Crippen LogP contribution in [0, 0.1) is 6.92 Å². The molecule has 1 heterocycles.